The molecule has 0 amide bonds. The topological polar surface area (TPSA) is 59.7 Å². The van der Waals surface area contributed by atoms with Crippen LogP contribution in [0.3, 0.4) is 0 Å². The van der Waals surface area contributed by atoms with Gasteiger partial charge in [-0.25, -0.2) is 0 Å². The Labute approximate surface area is 163 Å². The standard InChI is InChI=1S/C10H8.C5H5.3CO.Fe.Mn/c1-2-6-9(5-1)10-7-3-4-8-10;1-2-4-5-3-1;3*1-2;;/h1-8H;1-5H;;;;;/q;;;;;+2;. The van der Waals surface area contributed by atoms with Crippen LogP contribution in [0.15, 0.2) is 0 Å². The summed E-state index contributed by atoms with van der Waals surface area (Å²) in [7, 11) is 0. The van der Waals surface area contributed by atoms with E-state index in [1.54, 1.807) is 0 Å². The Bertz CT molecular complexity index is 227. The van der Waals surface area contributed by atoms with Crippen molar-refractivity contribution in [1.29, 1.82) is 0 Å². The Hall–Kier alpha value is 0.259. The first-order valence-electron chi connectivity index (χ1n) is 5.68. The van der Waals surface area contributed by atoms with Gasteiger partial charge in [0.2, 0.25) is 0 Å². The molecule has 3 fully saturated rings. The molecule has 3 rings (SSSR count). The van der Waals surface area contributed by atoms with Gasteiger partial charge in [0, 0.05) is 17.1 Å². The largest absolute Gasteiger partial charge is 2.00 e. The van der Waals surface area contributed by atoms with Gasteiger partial charge < -0.3 is 0 Å². The van der Waals surface area contributed by atoms with E-state index in [1.807, 2.05) is 32.1 Å². The maximum atomic E-state index is 7.50. The van der Waals surface area contributed by atoms with Gasteiger partial charge in [0.25, 0.3) is 0 Å². The number of hydrogen-bond donors (Lipinski definition) is 0. The van der Waals surface area contributed by atoms with Gasteiger partial charge in [-0.2, -0.15) is 0 Å². The first-order chi connectivity index (χ1) is 10.5. The third kappa shape index (κ3) is 16.9. The second-order valence-corrected chi connectivity index (χ2v) is 3.31. The van der Waals surface area contributed by atoms with Crippen LogP contribution in [0.2, 0.25) is 0 Å². The van der Waals surface area contributed by atoms with Gasteiger partial charge in [-0.15, -0.1) is 0 Å². The van der Waals surface area contributed by atoms with Crippen molar-refractivity contribution < 1.29 is 48.1 Å². The minimum Gasteiger partial charge on any atom is -0.0312 e. The van der Waals surface area contributed by atoms with E-state index in [9.17, 15) is 0 Å². The van der Waals surface area contributed by atoms with Crippen molar-refractivity contribution in [1.82, 2.24) is 0 Å². The van der Waals surface area contributed by atoms with E-state index in [1.165, 1.54) is 11.8 Å². The van der Waals surface area contributed by atoms with Gasteiger partial charge in [-0.05, 0) is 95.3 Å². The number of hydrogen-bond acceptors (Lipinski definition) is 0. The molecule has 0 saturated heterocycles. The maximum absolute atomic E-state index is 7.50. The van der Waals surface area contributed by atoms with Gasteiger partial charge in [0.05, 0.1) is 0 Å². The first kappa shape index (κ1) is 31.1. The summed E-state index contributed by atoms with van der Waals surface area (Å²) in [5.41, 5.74) is 0. The van der Waals surface area contributed by atoms with Gasteiger partial charge in [0.15, 0.2) is 0 Å². The molecule has 3 saturated carbocycles. The number of rotatable bonds is 1. The molecule has 0 aromatic heterocycles. The Kier molecular flexibility index (Phi) is 36.6. The summed E-state index contributed by atoms with van der Waals surface area (Å²) in [5.74, 6) is 2.62. The van der Waals surface area contributed by atoms with Crippen molar-refractivity contribution in [2.24, 2.45) is 0 Å². The molecule has 16 radical (unpaired) electrons. The molecule has 0 unspecified atom stereocenters. The fourth-order valence-electron chi connectivity index (χ4n) is 1.45. The Morgan fingerprint density at radius 3 is 0.783 bits per heavy atom. The minimum absolute atomic E-state index is 0. The minimum atomic E-state index is 0. The summed E-state index contributed by atoms with van der Waals surface area (Å²) < 4.78 is 22.5. The quantitative estimate of drug-likeness (QED) is 0.377. The van der Waals surface area contributed by atoms with Crippen LogP contribution in [0.25, 0.3) is 0 Å². The van der Waals surface area contributed by atoms with Crippen LogP contribution in [0.1, 0.15) is 0 Å². The molecule has 23 heavy (non-hydrogen) atoms. The average Bonchev–Trinajstić information content (AvgIpc) is 3.37. The predicted molar refractivity (Wildman–Crippen MR) is 74.2 cm³/mol. The second-order valence-electron chi connectivity index (χ2n) is 3.31. The molecule has 0 aromatic carbocycles. The zero-order valence-electron chi connectivity index (χ0n) is 12.0. The normalized spacial score (nSPS) is 18.5. The molecular weight excluding hydrogens is 375 g/mol. The molecular formula is C18H13FeMnO3+2. The second kappa shape index (κ2) is 27.1. The molecule has 3 nitrogen and oxygen atoms in total. The van der Waals surface area contributed by atoms with E-state index in [2.05, 4.69) is 71.3 Å². The van der Waals surface area contributed by atoms with Crippen molar-refractivity contribution in [2.45, 2.75) is 0 Å². The molecule has 3 aliphatic rings. The Morgan fingerprint density at radius 2 is 0.609 bits per heavy atom. The average molecular weight is 388 g/mol. The third-order valence-corrected chi connectivity index (χ3v) is 2.21. The monoisotopic (exact) mass is 388 g/mol. The van der Waals surface area contributed by atoms with E-state index in [-0.39, 0.29) is 34.1 Å². The molecule has 0 aromatic rings. The molecule has 5 heteroatoms. The third-order valence-electron chi connectivity index (χ3n) is 2.21. The molecule has 0 aliphatic heterocycles. The molecule has 0 atom stereocenters. The molecule has 116 valence electrons. The van der Waals surface area contributed by atoms with Crippen LogP contribution in [0.4, 0.5) is 0 Å². The molecule has 3 aliphatic carbocycles. The van der Waals surface area contributed by atoms with Crippen molar-refractivity contribution in [2.75, 3.05) is 0 Å². The molecule has 0 spiro atoms. The summed E-state index contributed by atoms with van der Waals surface area (Å²) in [5, 5.41) is 0. The molecule has 0 N–H and O–H groups in total. The van der Waals surface area contributed by atoms with Gasteiger partial charge in [-0.3, -0.25) is 0 Å². The van der Waals surface area contributed by atoms with Crippen LogP contribution >= 0.6 is 0 Å². The van der Waals surface area contributed by atoms with Crippen LogP contribution in [0, 0.1) is 115 Å². The van der Waals surface area contributed by atoms with E-state index in [0.29, 0.717) is 0 Å². The van der Waals surface area contributed by atoms with Crippen molar-refractivity contribution in [3.8, 4) is 0 Å². The van der Waals surface area contributed by atoms with Crippen LogP contribution in [-0.2, 0) is 48.1 Å². The summed E-state index contributed by atoms with van der Waals surface area (Å²) >= 11 is 0. The van der Waals surface area contributed by atoms with E-state index in [4.69, 9.17) is 14.0 Å². The van der Waals surface area contributed by atoms with Gasteiger partial charge in [0.1, 0.15) is 0 Å². The molecule has 0 heterocycles. The van der Waals surface area contributed by atoms with Crippen molar-refractivity contribution in [3.05, 3.63) is 115 Å². The summed E-state index contributed by atoms with van der Waals surface area (Å²) in [6, 6.07) is 0. The van der Waals surface area contributed by atoms with Crippen molar-refractivity contribution in [3.63, 3.8) is 0 Å². The Balaban J connectivity index is -0.000000120. The first-order valence-corrected chi connectivity index (χ1v) is 5.68. The maximum Gasteiger partial charge on any atom is 2.00 e. The van der Waals surface area contributed by atoms with E-state index >= 15 is 0 Å². The summed E-state index contributed by atoms with van der Waals surface area (Å²) in [6.07, 6.45) is 26.7. The van der Waals surface area contributed by atoms with Crippen LogP contribution < -0.4 is 0 Å². The van der Waals surface area contributed by atoms with Gasteiger partial charge in [-0.1, -0.05) is 0 Å². The Morgan fingerprint density at radius 1 is 0.435 bits per heavy atom. The van der Waals surface area contributed by atoms with Crippen molar-refractivity contribution >= 4 is 0 Å². The fourth-order valence-corrected chi connectivity index (χ4v) is 1.45. The zero-order valence-corrected chi connectivity index (χ0v) is 14.2. The van der Waals surface area contributed by atoms with Gasteiger partial charge >= 0.3 is 51.0 Å². The molecule has 0 bridgehead atoms. The summed E-state index contributed by atoms with van der Waals surface area (Å²) in [4.78, 5) is 0. The smallest absolute Gasteiger partial charge is 0.0312 e. The van der Waals surface area contributed by atoms with E-state index < -0.39 is 0 Å². The zero-order chi connectivity index (χ0) is 16.3. The SMILES string of the molecule is [C-]#[O+].[C-]#[O+].[C-]#[O+].[CH]1[CH][CH][CH][CH]1.[CH]1[CH][CH][C]([C]2[CH][CH][CH][CH]2)[CH]1.[Fe+2].[Mn]. The predicted octanol–water partition coefficient (Wildman–Crippen LogP) is 2.70. The summed E-state index contributed by atoms with van der Waals surface area (Å²) in [6.45, 7) is 13.5. The van der Waals surface area contributed by atoms with Crippen LogP contribution in [0.5, 0.6) is 0 Å². The fraction of sp³-hybridized carbons (Fsp3) is 0. The van der Waals surface area contributed by atoms with Crippen LogP contribution in [-0.4, -0.2) is 0 Å². The van der Waals surface area contributed by atoms with E-state index in [0.717, 1.165) is 0 Å².